The molecule has 150 valence electrons. The highest BCUT2D eigenvalue weighted by Crippen LogP contribution is 2.17. The molecule has 0 spiro atoms. The first-order chi connectivity index (χ1) is 12.6. The van der Waals surface area contributed by atoms with Crippen molar-refractivity contribution in [2.75, 3.05) is 24.7 Å². The Balaban J connectivity index is 2.77. The number of rotatable bonds is 9. The minimum absolute atomic E-state index is 0.0393. The van der Waals surface area contributed by atoms with Crippen LogP contribution in [0.3, 0.4) is 0 Å². The number of benzene rings is 1. The lowest BCUT2D eigenvalue weighted by molar-refractivity contribution is -0.147. The van der Waals surface area contributed by atoms with Gasteiger partial charge in [0.15, 0.2) is 6.61 Å². The van der Waals surface area contributed by atoms with Crippen LogP contribution in [0.15, 0.2) is 24.3 Å². The smallest absolute Gasteiger partial charge is 0.340 e. The molecule has 27 heavy (non-hydrogen) atoms. The standard InChI is InChI=1S/C17H24N2O7S/c1-5-11(2)15(17(22)25-3)18-14(20)10-26-16(21)12-8-6-7-9-13(12)19-27(4,23)24/h6-9,11,15,19H,5,10H2,1-4H3,(H,18,20)/t11-,15+/m1/s1. The van der Waals surface area contributed by atoms with Crippen molar-refractivity contribution in [3.05, 3.63) is 29.8 Å². The van der Waals surface area contributed by atoms with Crippen molar-refractivity contribution in [3.63, 3.8) is 0 Å². The lowest BCUT2D eigenvalue weighted by Crippen LogP contribution is -2.47. The summed E-state index contributed by atoms with van der Waals surface area (Å²) < 4.78 is 34.6. The molecule has 0 unspecified atom stereocenters. The quantitative estimate of drug-likeness (QED) is 0.590. The first-order valence-corrected chi connectivity index (χ1v) is 10.1. The second-order valence-corrected chi connectivity index (χ2v) is 7.70. The predicted octanol–water partition coefficient (Wildman–Crippen LogP) is 0.919. The van der Waals surface area contributed by atoms with E-state index in [9.17, 15) is 22.8 Å². The maximum Gasteiger partial charge on any atom is 0.340 e. The van der Waals surface area contributed by atoms with E-state index in [1.807, 2.05) is 6.92 Å². The van der Waals surface area contributed by atoms with Gasteiger partial charge in [-0.3, -0.25) is 9.52 Å². The van der Waals surface area contributed by atoms with E-state index in [1.54, 1.807) is 13.0 Å². The zero-order chi connectivity index (χ0) is 20.6. The SMILES string of the molecule is CC[C@@H](C)[C@H](NC(=O)COC(=O)c1ccccc1NS(C)(=O)=O)C(=O)OC. The van der Waals surface area contributed by atoms with Crippen molar-refractivity contribution in [3.8, 4) is 0 Å². The summed E-state index contributed by atoms with van der Waals surface area (Å²) in [5.41, 5.74) is -0.000352. The number of nitrogens with one attached hydrogen (secondary N) is 2. The molecule has 1 rings (SSSR count). The number of amides is 1. The summed E-state index contributed by atoms with van der Waals surface area (Å²) in [6, 6.07) is 4.98. The number of esters is 2. The fourth-order valence-corrected chi connectivity index (χ4v) is 2.75. The Hall–Kier alpha value is -2.62. The number of sulfonamides is 1. The fraction of sp³-hybridized carbons (Fsp3) is 0.471. The van der Waals surface area contributed by atoms with Gasteiger partial charge in [-0.05, 0) is 18.1 Å². The molecule has 1 aromatic rings. The third kappa shape index (κ3) is 7.26. The van der Waals surface area contributed by atoms with Gasteiger partial charge in [0, 0.05) is 0 Å². The minimum Gasteiger partial charge on any atom is -0.467 e. The van der Waals surface area contributed by atoms with E-state index in [0.29, 0.717) is 6.42 Å². The summed E-state index contributed by atoms with van der Waals surface area (Å²) in [5.74, 6) is -2.31. The van der Waals surface area contributed by atoms with Crippen LogP contribution in [-0.2, 0) is 29.1 Å². The molecule has 0 saturated carbocycles. The number of ether oxygens (including phenoxy) is 2. The summed E-state index contributed by atoms with van der Waals surface area (Å²) in [7, 11) is -2.38. The Morgan fingerprint density at radius 2 is 1.81 bits per heavy atom. The van der Waals surface area contributed by atoms with Gasteiger partial charge in [-0.1, -0.05) is 32.4 Å². The molecule has 9 nitrogen and oxygen atoms in total. The highest BCUT2D eigenvalue weighted by atomic mass is 32.2. The van der Waals surface area contributed by atoms with E-state index in [0.717, 1.165) is 6.26 Å². The molecular weight excluding hydrogens is 376 g/mol. The van der Waals surface area contributed by atoms with Gasteiger partial charge in [0.2, 0.25) is 10.0 Å². The number of carbonyl (C=O) groups excluding carboxylic acids is 3. The van der Waals surface area contributed by atoms with Crippen molar-refractivity contribution in [1.82, 2.24) is 5.32 Å². The molecule has 1 aromatic carbocycles. The number of carbonyl (C=O) groups is 3. The molecule has 2 atom stereocenters. The maximum atomic E-state index is 12.2. The van der Waals surface area contributed by atoms with Crippen molar-refractivity contribution in [1.29, 1.82) is 0 Å². The van der Waals surface area contributed by atoms with Crippen molar-refractivity contribution < 1.29 is 32.3 Å². The second-order valence-electron chi connectivity index (χ2n) is 5.95. The zero-order valence-electron chi connectivity index (χ0n) is 15.6. The number of hydrogen-bond donors (Lipinski definition) is 2. The van der Waals surface area contributed by atoms with Gasteiger partial charge in [-0.25, -0.2) is 18.0 Å². The highest BCUT2D eigenvalue weighted by molar-refractivity contribution is 7.92. The van der Waals surface area contributed by atoms with Gasteiger partial charge < -0.3 is 14.8 Å². The largest absolute Gasteiger partial charge is 0.467 e. The molecule has 10 heteroatoms. The maximum absolute atomic E-state index is 12.2. The molecule has 0 aliphatic rings. The summed E-state index contributed by atoms with van der Waals surface area (Å²) in [6.07, 6.45) is 1.58. The topological polar surface area (TPSA) is 128 Å². The van der Waals surface area contributed by atoms with E-state index in [-0.39, 0.29) is 17.2 Å². The number of methoxy groups -OCH3 is 1. The Labute approximate surface area is 158 Å². The van der Waals surface area contributed by atoms with Gasteiger partial charge in [0.05, 0.1) is 24.6 Å². The summed E-state index contributed by atoms with van der Waals surface area (Å²) in [6.45, 7) is 3.01. The Morgan fingerprint density at radius 1 is 1.19 bits per heavy atom. The molecule has 0 radical (unpaired) electrons. The molecule has 1 amide bonds. The van der Waals surface area contributed by atoms with E-state index in [2.05, 4.69) is 14.8 Å². The number of hydrogen-bond acceptors (Lipinski definition) is 7. The van der Waals surface area contributed by atoms with Crippen LogP contribution in [0.5, 0.6) is 0 Å². The molecule has 0 aliphatic heterocycles. The lowest BCUT2D eigenvalue weighted by Gasteiger charge is -2.21. The highest BCUT2D eigenvalue weighted by Gasteiger charge is 2.27. The Bertz CT molecular complexity index is 792. The number of para-hydroxylation sites is 1. The molecule has 0 heterocycles. The molecule has 0 bridgehead atoms. The predicted molar refractivity (Wildman–Crippen MR) is 98.6 cm³/mol. The van der Waals surface area contributed by atoms with E-state index in [4.69, 9.17) is 4.74 Å². The van der Waals surface area contributed by atoms with Gasteiger partial charge in [-0.15, -0.1) is 0 Å². The molecule has 2 N–H and O–H groups in total. The molecule has 0 aliphatic carbocycles. The van der Waals surface area contributed by atoms with Crippen LogP contribution < -0.4 is 10.0 Å². The van der Waals surface area contributed by atoms with Crippen LogP contribution in [0.4, 0.5) is 5.69 Å². The third-order valence-corrected chi connectivity index (χ3v) is 4.35. The van der Waals surface area contributed by atoms with E-state index >= 15 is 0 Å². The van der Waals surface area contributed by atoms with Gasteiger partial charge in [0.25, 0.3) is 5.91 Å². The van der Waals surface area contributed by atoms with Crippen molar-refractivity contribution in [2.45, 2.75) is 26.3 Å². The second kappa shape index (κ2) is 9.91. The Kier molecular flexibility index (Phi) is 8.23. The van der Waals surface area contributed by atoms with Crippen LogP contribution in [0, 0.1) is 5.92 Å². The van der Waals surface area contributed by atoms with Gasteiger partial charge in [-0.2, -0.15) is 0 Å². The van der Waals surface area contributed by atoms with Crippen molar-refractivity contribution >= 4 is 33.6 Å². The van der Waals surface area contributed by atoms with Gasteiger partial charge in [0.1, 0.15) is 6.04 Å². The van der Waals surface area contributed by atoms with E-state index in [1.165, 1.54) is 25.3 Å². The van der Waals surface area contributed by atoms with Crippen LogP contribution in [0.2, 0.25) is 0 Å². The molecular formula is C17H24N2O7S. The first-order valence-electron chi connectivity index (χ1n) is 8.20. The average Bonchev–Trinajstić information content (AvgIpc) is 2.62. The normalized spacial score (nSPS) is 13.2. The third-order valence-electron chi connectivity index (χ3n) is 3.76. The van der Waals surface area contributed by atoms with Gasteiger partial charge >= 0.3 is 11.9 Å². The summed E-state index contributed by atoms with van der Waals surface area (Å²) in [4.78, 5) is 36.0. The summed E-state index contributed by atoms with van der Waals surface area (Å²) in [5, 5.41) is 2.48. The Morgan fingerprint density at radius 3 is 2.37 bits per heavy atom. The monoisotopic (exact) mass is 400 g/mol. The first kappa shape index (κ1) is 22.4. The summed E-state index contributed by atoms with van der Waals surface area (Å²) >= 11 is 0. The molecule has 0 aromatic heterocycles. The van der Waals surface area contributed by atoms with E-state index < -0.39 is 40.5 Å². The average molecular weight is 400 g/mol. The van der Waals surface area contributed by atoms with Crippen LogP contribution in [0.1, 0.15) is 30.6 Å². The molecule has 0 saturated heterocycles. The zero-order valence-corrected chi connectivity index (χ0v) is 16.5. The molecule has 0 fully saturated rings. The lowest BCUT2D eigenvalue weighted by atomic mass is 9.99. The van der Waals surface area contributed by atoms with Crippen molar-refractivity contribution in [2.24, 2.45) is 5.92 Å². The minimum atomic E-state index is -3.59. The van der Waals surface area contributed by atoms with Crippen LogP contribution in [-0.4, -0.2) is 52.3 Å². The van der Waals surface area contributed by atoms with Crippen LogP contribution in [0.25, 0.3) is 0 Å². The number of anilines is 1. The fourth-order valence-electron chi connectivity index (χ4n) is 2.17. The van der Waals surface area contributed by atoms with Crippen LogP contribution >= 0.6 is 0 Å².